The van der Waals surface area contributed by atoms with Crippen LogP contribution in [-0.2, 0) is 6.42 Å². The van der Waals surface area contributed by atoms with E-state index >= 15 is 0 Å². The van der Waals surface area contributed by atoms with Crippen LogP contribution in [0.15, 0.2) is 24.3 Å². The van der Waals surface area contributed by atoms with Crippen LogP contribution >= 0.6 is 0 Å². The number of terminal acetylenes is 1. The van der Waals surface area contributed by atoms with E-state index in [0.717, 1.165) is 11.1 Å². The standard InChI is InChI=1S/C10H10N2/c1-2-8-5-3-4-6-9(8)7-10(11)12/h1,3-6H,7H2,(H3,11,12). The van der Waals surface area contributed by atoms with Crippen LogP contribution in [0.25, 0.3) is 0 Å². The maximum absolute atomic E-state index is 7.11. The van der Waals surface area contributed by atoms with Crippen LogP contribution in [-0.4, -0.2) is 5.84 Å². The highest BCUT2D eigenvalue weighted by atomic mass is 14.7. The van der Waals surface area contributed by atoms with E-state index in [-0.39, 0.29) is 5.84 Å². The van der Waals surface area contributed by atoms with Crippen molar-refractivity contribution < 1.29 is 0 Å². The second-order valence-corrected chi connectivity index (χ2v) is 2.50. The Morgan fingerprint density at radius 2 is 2.17 bits per heavy atom. The van der Waals surface area contributed by atoms with E-state index in [9.17, 15) is 0 Å². The zero-order valence-corrected chi connectivity index (χ0v) is 6.67. The number of rotatable bonds is 2. The number of amidine groups is 1. The quantitative estimate of drug-likeness (QED) is 0.378. The van der Waals surface area contributed by atoms with Crippen LogP contribution in [0.5, 0.6) is 0 Å². The zero-order chi connectivity index (χ0) is 8.97. The van der Waals surface area contributed by atoms with E-state index in [1.807, 2.05) is 24.3 Å². The first-order valence-electron chi connectivity index (χ1n) is 3.61. The molecular weight excluding hydrogens is 148 g/mol. The smallest absolute Gasteiger partial charge is 0.0950 e. The molecule has 60 valence electrons. The van der Waals surface area contributed by atoms with Crippen molar-refractivity contribution in [2.45, 2.75) is 6.42 Å². The Labute approximate surface area is 71.9 Å². The van der Waals surface area contributed by atoms with Crippen LogP contribution in [0.3, 0.4) is 0 Å². The Morgan fingerprint density at radius 1 is 1.50 bits per heavy atom. The molecule has 0 aliphatic carbocycles. The van der Waals surface area contributed by atoms with Crippen molar-refractivity contribution >= 4 is 5.84 Å². The highest BCUT2D eigenvalue weighted by molar-refractivity contribution is 5.80. The van der Waals surface area contributed by atoms with Gasteiger partial charge in [0.25, 0.3) is 0 Å². The molecule has 12 heavy (non-hydrogen) atoms. The van der Waals surface area contributed by atoms with Crippen LogP contribution in [0, 0.1) is 17.8 Å². The Bertz CT molecular complexity index is 334. The molecular formula is C10H10N2. The number of nitrogens with two attached hydrogens (primary N) is 1. The lowest BCUT2D eigenvalue weighted by Crippen LogP contribution is -2.13. The predicted molar refractivity (Wildman–Crippen MR) is 50.0 cm³/mol. The van der Waals surface area contributed by atoms with Gasteiger partial charge in [-0.3, -0.25) is 5.41 Å². The highest BCUT2D eigenvalue weighted by Crippen LogP contribution is 2.07. The molecule has 0 saturated carbocycles. The van der Waals surface area contributed by atoms with Crippen LogP contribution in [0.1, 0.15) is 11.1 Å². The number of hydrogen-bond acceptors (Lipinski definition) is 1. The topological polar surface area (TPSA) is 49.9 Å². The molecule has 2 heteroatoms. The minimum Gasteiger partial charge on any atom is -0.387 e. The fraction of sp³-hybridized carbons (Fsp3) is 0.100. The SMILES string of the molecule is C#Cc1ccccc1CC(=N)N. The maximum atomic E-state index is 7.11. The molecule has 3 N–H and O–H groups in total. The van der Waals surface area contributed by atoms with Gasteiger partial charge in [-0.1, -0.05) is 24.1 Å². The molecule has 0 fully saturated rings. The number of benzene rings is 1. The number of nitrogens with one attached hydrogen (secondary N) is 1. The highest BCUT2D eigenvalue weighted by Gasteiger charge is 1.99. The largest absolute Gasteiger partial charge is 0.387 e. The van der Waals surface area contributed by atoms with Crippen LogP contribution < -0.4 is 5.73 Å². The van der Waals surface area contributed by atoms with Crippen molar-refractivity contribution in [2.75, 3.05) is 0 Å². The van der Waals surface area contributed by atoms with Gasteiger partial charge in [0.1, 0.15) is 0 Å². The van der Waals surface area contributed by atoms with Crippen LogP contribution in [0.4, 0.5) is 0 Å². The fourth-order valence-corrected chi connectivity index (χ4v) is 1.02. The van der Waals surface area contributed by atoms with Crippen molar-refractivity contribution in [3.63, 3.8) is 0 Å². The van der Waals surface area contributed by atoms with Gasteiger partial charge in [-0.2, -0.15) is 0 Å². The lowest BCUT2D eigenvalue weighted by molar-refractivity contribution is 1.24. The summed E-state index contributed by atoms with van der Waals surface area (Å²) in [6, 6.07) is 7.49. The van der Waals surface area contributed by atoms with Crippen molar-refractivity contribution in [1.82, 2.24) is 0 Å². The van der Waals surface area contributed by atoms with E-state index in [1.165, 1.54) is 0 Å². The average molecular weight is 158 g/mol. The average Bonchev–Trinajstić information content (AvgIpc) is 2.04. The van der Waals surface area contributed by atoms with Gasteiger partial charge in [0.2, 0.25) is 0 Å². The van der Waals surface area contributed by atoms with Crippen LogP contribution in [0.2, 0.25) is 0 Å². The van der Waals surface area contributed by atoms with Crippen molar-refractivity contribution in [3.05, 3.63) is 35.4 Å². The van der Waals surface area contributed by atoms with Gasteiger partial charge in [-0.05, 0) is 11.6 Å². The van der Waals surface area contributed by atoms with Crippen molar-refractivity contribution in [3.8, 4) is 12.3 Å². The Hall–Kier alpha value is -1.75. The normalized spacial score (nSPS) is 8.92. The Balaban J connectivity index is 2.99. The summed E-state index contributed by atoms with van der Waals surface area (Å²) in [4.78, 5) is 0. The minimum absolute atomic E-state index is 0.137. The second-order valence-electron chi connectivity index (χ2n) is 2.50. The molecule has 0 unspecified atom stereocenters. The fourth-order valence-electron chi connectivity index (χ4n) is 1.02. The second kappa shape index (κ2) is 3.59. The molecule has 0 bridgehead atoms. The molecule has 0 spiro atoms. The molecule has 0 amide bonds. The summed E-state index contributed by atoms with van der Waals surface area (Å²) in [5, 5.41) is 7.11. The third-order valence-electron chi connectivity index (χ3n) is 1.55. The van der Waals surface area contributed by atoms with E-state index in [0.29, 0.717) is 6.42 Å². The van der Waals surface area contributed by atoms with Crippen molar-refractivity contribution in [1.29, 1.82) is 5.41 Å². The van der Waals surface area contributed by atoms with Gasteiger partial charge in [0.05, 0.1) is 5.84 Å². The molecule has 0 heterocycles. The molecule has 0 aromatic heterocycles. The minimum atomic E-state index is 0.137. The molecule has 0 aliphatic heterocycles. The summed E-state index contributed by atoms with van der Waals surface area (Å²) < 4.78 is 0. The van der Waals surface area contributed by atoms with Crippen molar-refractivity contribution in [2.24, 2.45) is 5.73 Å². The summed E-state index contributed by atoms with van der Waals surface area (Å²) in [6.07, 6.45) is 5.70. The summed E-state index contributed by atoms with van der Waals surface area (Å²) in [7, 11) is 0. The number of hydrogen-bond donors (Lipinski definition) is 2. The van der Waals surface area contributed by atoms with Gasteiger partial charge in [0.15, 0.2) is 0 Å². The van der Waals surface area contributed by atoms with Gasteiger partial charge in [-0.25, -0.2) is 0 Å². The molecule has 1 rings (SSSR count). The predicted octanol–water partition coefficient (Wildman–Crippen LogP) is 1.15. The maximum Gasteiger partial charge on any atom is 0.0950 e. The van der Waals surface area contributed by atoms with E-state index in [2.05, 4.69) is 5.92 Å². The molecule has 1 aromatic carbocycles. The monoisotopic (exact) mass is 158 g/mol. The molecule has 0 aliphatic rings. The lowest BCUT2D eigenvalue weighted by Gasteiger charge is -2.01. The molecule has 0 radical (unpaired) electrons. The summed E-state index contributed by atoms with van der Waals surface area (Å²) in [5.74, 6) is 2.69. The van der Waals surface area contributed by atoms with Gasteiger partial charge < -0.3 is 5.73 Å². The summed E-state index contributed by atoms with van der Waals surface area (Å²) >= 11 is 0. The Morgan fingerprint density at radius 3 is 2.75 bits per heavy atom. The third-order valence-corrected chi connectivity index (χ3v) is 1.55. The molecule has 0 saturated heterocycles. The lowest BCUT2D eigenvalue weighted by atomic mass is 10.1. The summed E-state index contributed by atoms with van der Waals surface area (Å²) in [5.41, 5.74) is 7.01. The summed E-state index contributed by atoms with van der Waals surface area (Å²) in [6.45, 7) is 0. The molecule has 1 aromatic rings. The van der Waals surface area contributed by atoms with Gasteiger partial charge in [0, 0.05) is 12.0 Å². The van der Waals surface area contributed by atoms with E-state index < -0.39 is 0 Å². The molecule has 2 nitrogen and oxygen atoms in total. The first-order valence-corrected chi connectivity index (χ1v) is 3.61. The van der Waals surface area contributed by atoms with E-state index in [1.54, 1.807) is 0 Å². The first-order chi connectivity index (χ1) is 5.74. The first kappa shape index (κ1) is 8.35. The van der Waals surface area contributed by atoms with Gasteiger partial charge >= 0.3 is 0 Å². The Kier molecular flexibility index (Phi) is 2.49. The third kappa shape index (κ3) is 1.86. The van der Waals surface area contributed by atoms with E-state index in [4.69, 9.17) is 17.6 Å². The van der Waals surface area contributed by atoms with Gasteiger partial charge in [-0.15, -0.1) is 6.42 Å². The molecule has 0 atom stereocenters. The zero-order valence-electron chi connectivity index (χ0n) is 6.67.